The third-order valence-electron chi connectivity index (χ3n) is 11.6. The van der Waals surface area contributed by atoms with E-state index in [1.54, 1.807) is 4.90 Å². The van der Waals surface area contributed by atoms with Crippen molar-refractivity contribution in [3.05, 3.63) is 23.8 Å². The molecule has 5 saturated heterocycles. The van der Waals surface area contributed by atoms with Crippen LogP contribution >= 0.6 is 0 Å². The number of hydrogen-bond donors (Lipinski definition) is 0. The number of ether oxygens (including phenoxy) is 2. The Balaban J connectivity index is 1.16. The fourth-order valence-electron chi connectivity index (χ4n) is 8.25. The molecule has 1 saturated carbocycles. The normalized spacial score (nSPS) is 32.5. The number of anilines is 1. The smallest absolute Gasteiger partial charge is 0.444 e. The van der Waals surface area contributed by atoms with Crippen LogP contribution in [0, 0.1) is 0 Å². The number of rotatable bonds is 3. The highest BCUT2D eigenvalue weighted by atomic mass is 16.7. The molecular weight excluding hydrogens is 557 g/mol. The van der Waals surface area contributed by atoms with Crippen LogP contribution in [-0.4, -0.2) is 96.2 Å². The molecule has 7 aliphatic rings. The first-order valence-corrected chi connectivity index (χ1v) is 16.9. The Labute approximate surface area is 263 Å². The molecule has 6 aliphatic heterocycles. The Morgan fingerprint density at radius 2 is 1.66 bits per heavy atom. The van der Waals surface area contributed by atoms with Gasteiger partial charge in [0, 0.05) is 43.4 Å². The van der Waals surface area contributed by atoms with Gasteiger partial charge in [-0.3, -0.25) is 9.69 Å². The molecule has 8 rings (SSSR count). The number of fused-ring (bicyclic) bond motifs is 6. The van der Waals surface area contributed by atoms with Crippen molar-refractivity contribution in [1.29, 1.82) is 0 Å². The van der Waals surface area contributed by atoms with Gasteiger partial charge in [0.2, 0.25) is 5.91 Å². The van der Waals surface area contributed by atoms with E-state index in [2.05, 4.69) is 55.7 Å². The summed E-state index contributed by atoms with van der Waals surface area (Å²) < 4.78 is 24.6. The van der Waals surface area contributed by atoms with Crippen LogP contribution in [-0.2, 0) is 29.0 Å². The van der Waals surface area contributed by atoms with Crippen molar-refractivity contribution in [1.82, 2.24) is 9.80 Å². The Hall–Kier alpha value is -2.14. The van der Waals surface area contributed by atoms with E-state index in [-0.39, 0.29) is 18.0 Å². The molecule has 1 spiro atoms. The number of carbonyl (C=O) groups excluding carboxylic acids is 2. The molecule has 10 heteroatoms. The topological polar surface area (TPSA) is 80.8 Å². The van der Waals surface area contributed by atoms with Crippen molar-refractivity contribution in [2.45, 2.75) is 140 Å². The second kappa shape index (κ2) is 10.4. The zero-order valence-corrected chi connectivity index (χ0v) is 27.7. The van der Waals surface area contributed by atoms with Gasteiger partial charge < -0.3 is 28.6 Å². The van der Waals surface area contributed by atoms with E-state index >= 15 is 0 Å². The summed E-state index contributed by atoms with van der Waals surface area (Å²) in [6.45, 7) is 16.8. The van der Waals surface area contributed by atoms with E-state index in [4.69, 9.17) is 18.8 Å². The average molecular weight is 608 g/mol. The first-order chi connectivity index (χ1) is 20.7. The van der Waals surface area contributed by atoms with E-state index < -0.39 is 29.3 Å². The zero-order valence-electron chi connectivity index (χ0n) is 27.7. The lowest BCUT2D eigenvalue weighted by Gasteiger charge is -2.51. The summed E-state index contributed by atoms with van der Waals surface area (Å²) in [5.41, 5.74) is 0.944. The first-order valence-electron chi connectivity index (χ1n) is 16.9. The summed E-state index contributed by atoms with van der Waals surface area (Å²) in [5.74, 6) is 0.187. The molecule has 2 bridgehead atoms. The lowest BCUT2D eigenvalue weighted by atomic mass is 9.71. The second-order valence-corrected chi connectivity index (χ2v) is 16.1. The third-order valence-corrected chi connectivity index (χ3v) is 11.6. The predicted molar refractivity (Wildman–Crippen MR) is 169 cm³/mol. The van der Waals surface area contributed by atoms with Crippen LogP contribution in [0.25, 0.3) is 0 Å². The molecule has 0 N–H and O–H groups in total. The molecule has 6 heterocycles. The van der Waals surface area contributed by atoms with Gasteiger partial charge in [0.1, 0.15) is 5.60 Å². The lowest BCUT2D eigenvalue weighted by molar-refractivity contribution is -0.126. The number of amides is 2. The molecule has 44 heavy (non-hydrogen) atoms. The molecule has 0 aromatic heterocycles. The maximum atomic E-state index is 14.7. The molecule has 9 nitrogen and oxygen atoms in total. The number of nitrogens with zero attached hydrogens (tertiary/aromatic N) is 3. The van der Waals surface area contributed by atoms with E-state index in [9.17, 15) is 9.59 Å². The van der Waals surface area contributed by atoms with Crippen LogP contribution in [0.1, 0.15) is 99.0 Å². The number of morpholine rings is 1. The highest BCUT2D eigenvalue weighted by Crippen LogP contribution is 2.51. The average Bonchev–Trinajstić information content (AvgIpc) is 3.12. The van der Waals surface area contributed by atoms with Gasteiger partial charge in [0.25, 0.3) is 0 Å². The van der Waals surface area contributed by atoms with Gasteiger partial charge in [0.15, 0.2) is 0 Å². The van der Waals surface area contributed by atoms with Crippen LogP contribution in [0.2, 0.25) is 0 Å². The standard InChI is InChI=1S/C34H50BN3O6/c1-31(2,3)42-30(40)36-15-13-34(14-16-36)27-12-11-22(35-43-32(4,5)33(6,7)44-35)17-28(27)38(29(34)39)25-18-24(19-25)37-20-26-10-8-9-23(37)21-41-26/h11-12,17,23-26H,8-10,13-16,18-21H2,1-7H3/t23?,24-,25+,26?. The summed E-state index contributed by atoms with van der Waals surface area (Å²) in [6.07, 6.45) is 6.80. The molecule has 240 valence electrons. The van der Waals surface area contributed by atoms with Crippen LogP contribution in [0.5, 0.6) is 0 Å². The van der Waals surface area contributed by atoms with Crippen molar-refractivity contribution in [2.24, 2.45) is 0 Å². The fraction of sp³-hybridized carbons (Fsp3) is 0.765. The predicted octanol–water partition coefficient (Wildman–Crippen LogP) is 4.39. The first kappa shape index (κ1) is 30.5. The van der Waals surface area contributed by atoms with Gasteiger partial charge in [-0.2, -0.15) is 0 Å². The molecular formula is C34H50BN3O6. The van der Waals surface area contributed by atoms with E-state index in [0.29, 0.717) is 44.1 Å². The SMILES string of the molecule is CC(C)(C)OC(=O)N1CCC2(CC1)C(=O)N([C@H]1C[C@@H](N3CC4CCCC3CO4)C1)c1cc(B3OC(C)(C)C(C)(C)O3)ccc12. The van der Waals surface area contributed by atoms with Crippen LogP contribution in [0.4, 0.5) is 10.5 Å². The third kappa shape index (κ3) is 4.99. The van der Waals surface area contributed by atoms with Gasteiger partial charge in [-0.1, -0.05) is 12.1 Å². The van der Waals surface area contributed by atoms with Crippen LogP contribution < -0.4 is 10.4 Å². The molecule has 2 unspecified atom stereocenters. The van der Waals surface area contributed by atoms with Crippen LogP contribution in [0.15, 0.2) is 18.2 Å². The summed E-state index contributed by atoms with van der Waals surface area (Å²) in [5, 5.41) is 0. The second-order valence-electron chi connectivity index (χ2n) is 16.1. The number of hydrogen-bond acceptors (Lipinski definition) is 7. The van der Waals surface area contributed by atoms with Gasteiger partial charge in [-0.05, 0) is 111 Å². The summed E-state index contributed by atoms with van der Waals surface area (Å²) >= 11 is 0. The minimum atomic E-state index is -0.636. The monoisotopic (exact) mass is 607 g/mol. The van der Waals surface area contributed by atoms with Crippen molar-refractivity contribution in [2.75, 3.05) is 31.1 Å². The Morgan fingerprint density at radius 1 is 0.977 bits per heavy atom. The van der Waals surface area contributed by atoms with E-state index in [1.807, 2.05) is 20.8 Å². The maximum absolute atomic E-state index is 14.7. The number of benzene rings is 1. The molecule has 0 radical (unpaired) electrons. The minimum absolute atomic E-state index is 0.158. The molecule has 1 aromatic carbocycles. The van der Waals surface area contributed by atoms with Crippen molar-refractivity contribution in [3.63, 3.8) is 0 Å². The molecule has 1 aromatic rings. The number of carbonyl (C=O) groups is 2. The summed E-state index contributed by atoms with van der Waals surface area (Å²) in [6, 6.07) is 7.52. The molecule has 2 amide bonds. The Morgan fingerprint density at radius 3 is 2.32 bits per heavy atom. The van der Waals surface area contributed by atoms with Gasteiger partial charge in [-0.15, -0.1) is 0 Å². The molecule has 1 aliphatic carbocycles. The summed E-state index contributed by atoms with van der Waals surface area (Å²) in [7, 11) is -0.491. The van der Waals surface area contributed by atoms with Crippen molar-refractivity contribution < 1.29 is 28.4 Å². The zero-order chi connectivity index (χ0) is 31.2. The highest BCUT2D eigenvalue weighted by Gasteiger charge is 2.58. The fourth-order valence-corrected chi connectivity index (χ4v) is 8.25. The minimum Gasteiger partial charge on any atom is -0.444 e. The van der Waals surface area contributed by atoms with E-state index in [1.165, 1.54) is 12.8 Å². The van der Waals surface area contributed by atoms with Crippen LogP contribution in [0.3, 0.4) is 0 Å². The summed E-state index contributed by atoms with van der Waals surface area (Å²) in [4.78, 5) is 34.2. The van der Waals surface area contributed by atoms with E-state index in [0.717, 1.165) is 49.1 Å². The highest BCUT2D eigenvalue weighted by molar-refractivity contribution is 6.62. The molecule has 2 atom stereocenters. The van der Waals surface area contributed by atoms with Gasteiger partial charge in [0.05, 0.1) is 29.3 Å². The van der Waals surface area contributed by atoms with Crippen molar-refractivity contribution >= 4 is 30.3 Å². The number of piperidine rings is 1. The van der Waals surface area contributed by atoms with Gasteiger partial charge in [-0.25, -0.2) is 4.79 Å². The molecule has 6 fully saturated rings. The largest absolute Gasteiger partial charge is 0.494 e. The maximum Gasteiger partial charge on any atom is 0.494 e. The Kier molecular flexibility index (Phi) is 7.24. The Bertz CT molecular complexity index is 1290. The quantitative estimate of drug-likeness (QED) is 0.472. The lowest BCUT2D eigenvalue weighted by Crippen LogP contribution is -2.62. The van der Waals surface area contributed by atoms with Crippen molar-refractivity contribution in [3.8, 4) is 0 Å². The van der Waals surface area contributed by atoms with Gasteiger partial charge >= 0.3 is 13.2 Å². The number of likely N-dealkylation sites (tertiary alicyclic amines) is 1.